The third kappa shape index (κ3) is 4.10. The topological polar surface area (TPSA) is 41.3 Å². The van der Waals surface area contributed by atoms with E-state index in [4.69, 9.17) is 4.42 Å². The van der Waals surface area contributed by atoms with Gasteiger partial charge >= 0.3 is 0 Å². The molecule has 4 nitrogen and oxygen atoms in total. The molecule has 0 saturated heterocycles. The Labute approximate surface area is 114 Å². The van der Waals surface area contributed by atoms with Gasteiger partial charge in [-0.05, 0) is 45.2 Å². The average molecular weight is 259 g/mol. The second kappa shape index (κ2) is 6.38. The molecule has 0 amide bonds. The van der Waals surface area contributed by atoms with E-state index in [0.717, 1.165) is 42.7 Å². The summed E-state index contributed by atoms with van der Waals surface area (Å²) in [6, 6.07) is 10.1. The summed E-state index contributed by atoms with van der Waals surface area (Å²) in [7, 11) is 2.07. The second-order valence-corrected chi connectivity index (χ2v) is 4.73. The van der Waals surface area contributed by atoms with Gasteiger partial charge in [0.05, 0.1) is 12.2 Å². The lowest BCUT2D eigenvalue weighted by atomic mass is 10.3. The van der Waals surface area contributed by atoms with Crippen LogP contribution in [-0.4, -0.2) is 23.5 Å². The third-order valence-electron chi connectivity index (χ3n) is 2.82. The number of aryl methyl sites for hydroxylation is 1. The molecule has 0 spiro atoms. The third-order valence-corrected chi connectivity index (χ3v) is 2.82. The van der Waals surface area contributed by atoms with Crippen molar-refractivity contribution in [2.75, 3.05) is 18.9 Å². The molecule has 4 heteroatoms. The largest absolute Gasteiger partial charge is 0.465 e. The minimum atomic E-state index is 0.793. The summed E-state index contributed by atoms with van der Waals surface area (Å²) in [6.45, 7) is 6.52. The highest BCUT2D eigenvalue weighted by Gasteiger charge is 2.06. The van der Waals surface area contributed by atoms with Crippen LogP contribution >= 0.6 is 0 Å². The summed E-state index contributed by atoms with van der Waals surface area (Å²) in [6.07, 6.45) is 0. The predicted molar refractivity (Wildman–Crippen MR) is 77.0 cm³/mol. The van der Waals surface area contributed by atoms with Gasteiger partial charge in [-0.1, -0.05) is 6.07 Å². The highest BCUT2D eigenvalue weighted by Crippen LogP contribution is 2.11. The maximum Gasteiger partial charge on any atom is 0.126 e. The van der Waals surface area contributed by atoms with Gasteiger partial charge in [-0.25, -0.2) is 4.98 Å². The van der Waals surface area contributed by atoms with Gasteiger partial charge < -0.3 is 9.73 Å². The van der Waals surface area contributed by atoms with Crippen molar-refractivity contribution >= 4 is 5.82 Å². The molecule has 0 aliphatic heterocycles. The van der Waals surface area contributed by atoms with Crippen molar-refractivity contribution < 1.29 is 4.42 Å². The quantitative estimate of drug-likeness (QED) is 0.865. The summed E-state index contributed by atoms with van der Waals surface area (Å²) in [4.78, 5) is 6.76. The van der Waals surface area contributed by atoms with Gasteiger partial charge in [-0.2, -0.15) is 0 Å². The molecule has 0 aliphatic rings. The summed E-state index contributed by atoms with van der Waals surface area (Å²) in [5.74, 6) is 2.88. The highest BCUT2D eigenvalue weighted by atomic mass is 16.3. The van der Waals surface area contributed by atoms with Crippen molar-refractivity contribution in [3.8, 4) is 0 Å². The first kappa shape index (κ1) is 13.6. The van der Waals surface area contributed by atoms with E-state index in [2.05, 4.69) is 29.2 Å². The number of anilines is 1. The SMILES string of the molecule is CCNc1cccc(CN(C)Cc2ccc(C)o2)n1. The van der Waals surface area contributed by atoms with Gasteiger partial charge in [-0.15, -0.1) is 0 Å². The van der Waals surface area contributed by atoms with E-state index in [1.165, 1.54) is 0 Å². The average Bonchev–Trinajstić information content (AvgIpc) is 2.75. The molecule has 0 radical (unpaired) electrons. The van der Waals surface area contributed by atoms with Crippen LogP contribution in [0.25, 0.3) is 0 Å². The number of hydrogen-bond donors (Lipinski definition) is 1. The molecule has 0 atom stereocenters. The van der Waals surface area contributed by atoms with Gasteiger partial charge in [0.25, 0.3) is 0 Å². The Morgan fingerprint density at radius 3 is 2.74 bits per heavy atom. The van der Waals surface area contributed by atoms with Crippen LogP contribution in [0, 0.1) is 6.92 Å². The van der Waals surface area contributed by atoms with Crippen LogP contribution in [0.15, 0.2) is 34.7 Å². The van der Waals surface area contributed by atoms with Crippen LogP contribution in [0.3, 0.4) is 0 Å². The standard InChI is InChI=1S/C15H21N3O/c1-4-16-15-7-5-6-13(17-15)10-18(3)11-14-9-8-12(2)19-14/h5-9H,4,10-11H2,1-3H3,(H,16,17). The number of pyridine rings is 1. The zero-order valence-corrected chi connectivity index (χ0v) is 11.8. The Morgan fingerprint density at radius 1 is 1.21 bits per heavy atom. The molecular formula is C15H21N3O. The van der Waals surface area contributed by atoms with E-state index >= 15 is 0 Å². The molecule has 0 aromatic carbocycles. The number of furan rings is 1. The Bertz CT molecular complexity index is 522. The van der Waals surface area contributed by atoms with Crippen LogP contribution in [0.4, 0.5) is 5.82 Å². The molecule has 19 heavy (non-hydrogen) atoms. The molecule has 1 N–H and O–H groups in total. The normalized spacial score (nSPS) is 10.9. The van der Waals surface area contributed by atoms with Gasteiger partial charge in [0.15, 0.2) is 0 Å². The van der Waals surface area contributed by atoms with E-state index in [9.17, 15) is 0 Å². The van der Waals surface area contributed by atoms with Crippen LogP contribution in [0.2, 0.25) is 0 Å². The van der Waals surface area contributed by atoms with E-state index in [1.54, 1.807) is 0 Å². The Kier molecular flexibility index (Phi) is 4.58. The summed E-state index contributed by atoms with van der Waals surface area (Å²) < 4.78 is 5.58. The number of aromatic nitrogens is 1. The molecule has 102 valence electrons. The first-order chi connectivity index (χ1) is 9.17. The Balaban J connectivity index is 1.94. The van der Waals surface area contributed by atoms with Crippen LogP contribution in [0.1, 0.15) is 24.1 Å². The van der Waals surface area contributed by atoms with Crippen molar-refractivity contribution in [2.45, 2.75) is 26.9 Å². The predicted octanol–water partition coefficient (Wildman–Crippen LogP) is 3.05. The van der Waals surface area contributed by atoms with Crippen molar-refractivity contribution in [1.82, 2.24) is 9.88 Å². The van der Waals surface area contributed by atoms with Gasteiger partial charge in [0.2, 0.25) is 0 Å². The minimum absolute atomic E-state index is 0.793. The zero-order chi connectivity index (χ0) is 13.7. The summed E-state index contributed by atoms with van der Waals surface area (Å²) >= 11 is 0. The fourth-order valence-electron chi connectivity index (χ4n) is 2.02. The van der Waals surface area contributed by atoms with Gasteiger partial charge in [0, 0.05) is 13.1 Å². The molecule has 2 aromatic rings. The van der Waals surface area contributed by atoms with Crippen molar-refractivity contribution in [1.29, 1.82) is 0 Å². The smallest absolute Gasteiger partial charge is 0.126 e. The number of nitrogens with zero attached hydrogens (tertiary/aromatic N) is 2. The molecule has 0 fully saturated rings. The molecule has 2 heterocycles. The monoisotopic (exact) mass is 259 g/mol. The zero-order valence-electron chi connectivity index (χ0n) is 11.8. The summed E-state index contributed by atoms with van der Waals surface area (Å²) in [5, 5.41) is 3.23. The van der Waals surface area contributed by atoms with E-state index in [-0.39, 0.29) is 0 Å². The first-order valence-electron chi connectivity index (χ1n) is 6.61. The van der Waals surface area contributed by atoms with Crippen LogP contribution in [0.5, 0.6) is 0 Å². The maximum absolute atomic E-state index is 5.58. The number of nitrogens with one attached hydrogen (secondary N) is 1. The highest BCUT2D eigenvalue weighted by molar-refractivity contribution is 5.34. The van der Waals surface area contributed by atoms with E-state index < -0.39 is 0 Å². The Morgan fingerprint density at radius 2 is 2.05 bits per heavy atom. The molecule has 2 aromatic heterocycles. The molecular weight excluding hydrogens is 238 g/mol. The van der Waals surface area contributed by atoms with Crippen molar-refractivity contribution in [2.24, 2.45) is 0 Å². The lowest BCUT2D eigenvalue weighted by Gasteiger charge is -2.15. The molecule has 0 aliphatic carbocycles. The van der Waals surface area contributed by atoms with E-state index in [1.807, 2.05) is 37.3 Å². The Hall–Kier alpha value is -1.81. The second-order valence-electron chi connectivity index (χ2n) is 4.73. The maximum atomic E-state index is 5.58. The lowest BCUT2D eigenvalue weighted by Crippen LogP contribution is -2.18. The molecule has 0 unspecified atom stereocenters. The minimum Gasteiger partial charge on any atom is -0.465 e. The molecule has 0 bridgehead atoms. The number of hydrogen-bond acceptors (Lipinski definition) is 4. The van der Waals surface area contributed by atoms with Crippen LogP contribution < -0.4 is 5.32 Å². The fourth-order valence-corrected chi connectivity index (χ4v) is 2.02. The lowest BCUT2D eigenvalue weighted by molar-refractivity contribution is 0.282. The number of rotatable bonds is 6. The van der Waals surface area contributed by atoms with Crippen molar-refractivity contribution in [3.63, 3.8) is 0 Å². The van der Waals surface area contributed by atoms with E-state index in [0.29, 0.717) is 0 Å². The fraction of sp³-hybridized carbons (Fsp3) is 0.400. The molecule has 0 saturated carbocycles. The molecule has 2 rings (SSSR count). The summed E-state index contributed by atoms with van der Waals surface area (Å²) in [5.41, 5.74) is 1.06. The van der Waals surface area contributed by atoms with Gasteiger partial charge in [0.1, 0.15) is 17.3 Å². The van der Waals surface area contributed by atoms with Gasteiger partial charge in [-0.3, -0.25) is 4.90 Å². The van der Waals surface area contributed by atoms with Crippen molar-refractivity contribution in [3.05, 3.63) is 47.5 Å². The first-order valence-corrected chi connectivity index (χ1v) is 6.61. The van der Waals surface area contributed by atoms with Crippen LogP contribution in [-0.2, 0) is 13.1 Å².